The van der Waals surface area contributed by atoms with Gasteiger partial charge in [-0.15, -0.1) is 0 Å². The Labute approximate surface area is 128 Å². The van der Waals surface area contributed by atoms with E-state index in [4.69, 9.17) is 4.74 Å². The van der Waals surface area contributed by atoms with Crippen LogP contribution in [0, 0.1) is 6.92 Å². The van der Waals surface area contributed by atoms with E-state index in [1.165, 1.54) is 10.7 Å². The number of benzene rings is 1. The summed E-state index contributed by atoms with van der Waals surface area (Å²) in [7, 11) is 0. The predicted octanol–water partition coefficient (Wildman–Crippen LogP) is 1.31. The molecule has 0 spiro atoms. The second kappa shape index (κ2) is 7.40. The van der Waals surface area contributed by atoms with Crippen LogP contribution >= 0.6 is 0 Å². The van der Waals surface area contributed by atoms with Gasteiger partial charge < -0.3 is 10.1 Å². The van der Waals surface area contributed by atoms with E-state index in [2.05, 4.69) is 10.4 Å². The van der Waals surface area contributed by atoms with Gasteiger partial charge in [0.15, 0.2) is 0 Å². The zero-order valence-corrected chi connectivity index (χ0v) is 12.7. The highest BCUT2D eigenvalue weighted by Crippen LogP contribution is 2.07. The van der Waals surface area contributed by atoms with Crippen LogP contribution in [0.1, 0.15) is 18.7 Å². The molecule has 0 radical (unpaired) electrons. The van der Waals surface area contributed by atoms with Crippen molar-refractivity contribution in [2.45, 2.75) is 19.9 Å². The molecule has 2 rings (SSSR count). The van der Waals surface area contributed by atoms with Crippen LogP contribution in [0.3, 0.4) is 0 Å². The smallest absolute Gasteiger partial charge is 0.267 e. The molecule has 1 amide bonds. The van der Waals surface area contributed by atoms with E-state index in [1.807, 2.05) is 30.3 Å². The van der Waals surface area contributed by atoms with Crippen LogP contribution < -0.4 is 15.6 Å². The molecular weight excluding hydrogens is 282 g/mol. The van der Waals surface area contributed by atoms with Gasteiger partial charge in [-0.05, 0) is 32.0 Å². The van der Waals surface area contributed by atoms with Crippen molar-refractivity contribution in [1.82, 2.24) is 15.1 Å². The standard InChI is InChI=1S/C16H19N3O3/c1-12-8-9-15(20)19(18-12)13(2)16(21)17-10-11-22-14-6-4-3-5-7-14/h3-9,13H,10-11H2,1-2H3,(H,17,21)/t13-/m1/s1. The molecule has 1 aromatic carbocycles. The van der Waals surface area contributed by atoms with Gasteiger partial charge in [-0.25, -0.2) is 4.68 Å². The lowest BCUT2D eigenvalue weighted by Gasteiger charge is -2.14. The minimum Gasteiger partial charge on any atom is -0.492 e. The monoisotopic (exact) mass is 301 g/mol. The average molecular weight is 301 g/mol. The van der Waals surface area contributed by atoms with Gasteiger partial charge in [0.1, 0.15) is 18.4 Å². The zero-order chi connectivity index (χ0) is 15.9. The summed E-state index contributed by atoms with van der Waals surface area (Å²) in [5, 5.41) is 6.82. The first kappa shape index (κ1) is 15.8. The van der Waals surface area contributed by atoms with Crippen molar-refractivity contribution in [3.8, 4) is 5.75 Å². The molecule has 0 bridgehead atoms. The number of aryl methyl sites for hydroxylation is 1. The van der Waals surface area contributed by atoms with E-state index >= 15 is 0 Å². The van der Waals surface area contributed by atoms with Gasteiger partial charge in [0.25, 0.3) is 5.56 Å². The van der Waals surface area contributed by atoms with Gasteiger partial charge in [-0.2, -0.15) is 5.10 Å². The van der Waals surface area contributed by atoms with Crippen LogP contribution in [0.2, 0.25) is 0 Å². The Morgan fingerprint density at radius 3 is 2.73 bits per heavy atom. The molecule has 6 nitrogen and oxygen atoms in total. The highest BCUT2D eigenvalue weighted by molar-refractivity contribution is 5.79. The van der Waals surface area contributed by atoms with E-state index < -0.39 is 6.04 Å². The maximum absolute atomic E-state index is 12.1. The summed E-state index contributed by atoms with van der Waals surface area (Å²) in [6.07, 6.45) is 0. The van der Waals surface area contributed by atoms with Crippen molar-refractivity contribution in [2.24, 2.45) is 0 Å². The molecule has 22 heavy (non-hydrogen) atoms. The fraction of sp³-hybridized carbons (Fsp3) is 0.312. The van der Waals surface area contributed by atoms with Crippen molar-refractivity contribution in [1.29, 1.82) is 0 Å². The average Bonchev–Trinajstić information content (AvgIpc) is 2.54. The number of hydrogen-bond acceptors (Lipinski definition) is 4. The van der Waals surface area contributed by atoms with Gasteiger partial charge in [-0.1, -0.05) is 18.2 Å². The third-order valence-corrected chi connectivity index (χ3v) is 3.12. The quantitative estimate of drug-likeness (QED) is 0.816. The first-order valence-corrected chi connectivity index (χ1v) is 7.10. The number of amides is 1. The van der Waals surface area contributed by atoms with Crippen LogP contribution in [-0.2, 0) is 4.79 Å². The Kier molecular flexibility index (Phi) is 5.30. The van der Waals surface area contributed by atoms with Gasteiger partial charge in [0, 0.05) is 6.07 Å². The lowest BCUT2D eigenvalue weighted by Crippen LogP contribution is -2.38. The van der Waals surface area contributed by atoms with Crippen LogP contribution in [0.15, 0.2) is 47.3 Å². The molecule has 0 aliphatic heterocycles. The summed E-state index contributed by atoms with van der Waals surface area (Å²) in [5.74, 6) is 0.484. The predicted molar refractivity (Wildman–Crippen MR) is 82.9 cm³/mol. The molecule has 6 heteroatoms. The first-order chi connectivity index (χ1) is 10.6. The Morgan fingerprint density at radius 2 is 2.00 bits per heavy atom. The van der Waals surface area contributed by atoms with Crippen LogP contribution in [0.4, 0.5) is 0 Å². The second-order valence-corrected chi connectivity index (χ2v) is 4.89. The number of ether oxygens (including phenoxy) is 1. The summed E-state index contributed by atoms with van der Waals surface area (Å²) in [6.45, 7) is 4.13. The summed E-state index contributed by atoms with van der Waals surface area (Å²) in [4.78, 5) is 23.8. The number of carbonyl (C=O) groups is 1. The topological polar surface area (TPSA) is 73.2 Å². The van der Waals surface area contributed by atoms with E-state index in [0.29, 0.717) is 18.8 Å². The number of rotatable bonds is 6. The minimum atomic E-state index is -0.663. The summed E-state index contributed by atoms with van der Waals surface area (Å²) in [6, 6.07) is 11.7. The zero-order valence-electron chi connectivity index (χ0n) is 12.7. The summed E-state index contributed by atoms with van der Waals surface area (Å²) >= 11 is 0. The summed E-state index contributed by atoms with van der Waals surface area (Å²) < 4.78 is 6.67. The molecule has 0 aliphatic rings. The number of carbonyl (C=O) groups excluding carboxylic acids is 1. The molecule has 1 N–H and O–H groups in total. The largest absolute Gasteiger partial charge is 0.492 e. The second-order valence-electron chi connectivity index (χ2n) is 4.89. The Morgan fingerprint density at radius 1 is 1.27 bits per heavy atom. The van der Waals surface area contributed by atoms with Gasteiger partial charge in [-0.3, -0.25) is 9.59 Å². The number of hydrogen-bond donors (Lipinski definition) is 1. The maximum Gasteiger partial charge on any atom is 0.267 e. The number of aromatic nitrogens is 2. The van der Waals surface area contributed by atoms with Gasteiger partial charge >= 0.3 is 0 Å². The van der Waals surface area contributed by atoms with E-state index in [-0.39, 0.29) is 11.5 Å². The molecule has 1 aromatic heterocycles. The van der Waals surface area contributed by atoms with E-state index in [1.54, 1.807) is 19.9 Å². The molecule has 0 saturated carbocycles. The molecule has 2 aromatic rings. The fourth-order valence-electron chi connectivity index (χ4n) is 1.92. The Bertz CT molecular complexity index is 683. The molecule has 0 unspecified atom stereocenters. The molecule has 116 valence electrons. The van der Waals surface area contributed by atoms with Gasteiger partial charge in [0.05, 0.1) is 12.2 Å². The normalized spacial score (nSPS) is 11.7. The molecule has 1 atom stereocenters. The van der Waals surface area contributed by atoms with E-state index in [0.717, 1.165) is 5.75 Å². The lowest BCUT2D eigenvalue weighted by molar-refractivity contribution is -0.124. The van der Waals surface area contributed by atoms with Crippen molar-refractivity contribution in [3.05, 3.63) is 58.5 Å². The SMILES string of the molecule is Cc1ccc(=O)n([C@H](C)C(=O)NCCOc2ccccc2)n1. The first-order valence-electron chi connectivity index (χ1n) is 7.10. The van der Waals surface area contributed by atoms with Gasteiger partial charge in [0.2, 0.25) is 5.91 Å². The van der Waals surface area contributed by atoms with Crippen molar-refractivity contribution < 1.29 is 9.53 Å². The van der Waals surface area contributed by atoms with Crippen molar-refractivity contribution >= 4 is 5.91 Å². The molecule has 0 saturated heterocycles. The molecule has 0 fully saturated rings. The minimum absolute atomic E-state index is 0.267. The number of nitrogens with one attached hydrogen (secondary N) is 1. The van der Waals surface area contributed by atoms with Crippen LogP contribution in [0.25, 0.3) is 0 Å². The number of nitrogens with zero attached hydrogens (tertiary/aromatic N) is 2. The highest BCUT2D eigenvalue weighted by Gasteiger charge is 2.16. The molecule has 1 heterocycles. The fourth-order valence-corrected chi connectivity index (χ4v) is 1.92. The van der Waals surface area contributed by atoms with Crippen molar-refractivity contribution in [2.75, 3.05) is 13.2 Å². The van der Waals surface area contributed by atoms with E-state index in [9.17, 15) is 9.59 Å². The Hall–Kier alpha value is -2.63. The van der Waals surface area contributed by atoms with Crippen LogP contribution in [-0.4, -0.2) is 28.8 Å². The maximum atomic E-state index is 12.1. The highest BCUT2D eigenvalue weighted by atomic mass is 16.5. The Balaban J connectivity index is 1.84. The summed E-state index contributed by atoms with van der Waals surface area (Å²) in [5.41, 5.74) is 0.389. The third kappa shape index (κ3) is 4.18. The number of para-hydroxylation sites is 1. The molecule has 0 aliphatic carbocycles. The third-order valence-electron chi connectivity index (χ3n) is 3.12. The van der Waals surface area contributed by atoms with Crippen molar-refractivity contribution in [3.63, 3.8) is 0 Å². The van der Waals surface area contributed by atoms with Crippen LogP contribution in [0.5, 0.6) is 5.75 Å². The molecular formula is C16H19N3O3. The lowest BCUT2D eigenvalue weighted by atomic mass is 10.3.